The van der Waals surface area contributed by atoms with Crippen molar-refractivity contribution in [1.82, 2.24) is 0 Å². The third-order valence-electron chi connectivity index (χ3n) is 3.80. The molecular weight excluding hydrogens is 328 g/mol. The van der Waals surface area contributed by atoms with Gasteiger partial charge in [0.2, 0.25) is 0 Å². The molecule has 0 aliphatic carbocycles. The summed E-state index contributed by atoms with van der Waals surface area (Å²) in [7, 11) is 0. The summed E-state index contributed by atoms with van der Waals surface area (Å²) in [6.07, 6.45) is 2.53. The van der Waals surface area contributed by atoms with Crippen LogP contribution in [0.1, 0.15) is 32.6 Å². The molecule has 0 aliphatic heterocycles. The molecule has 0 heterocycles. The van der Waals surface area contributed by atoms with Gasteiger partial charge in [-0.05, 0) is 37.8 Å². The predicted octanol–water partition coefficient (Wildman–Crippen LogP) is 4.94. The zero-order valence-corrected chi connectivity index (χ0v) is 15.1. The predicted molar refractivity (Wildman–Crippen MR) is 102 cm³/mol. The Morgan fingerprint density at radius 3 is 2.35 bits per heavy atom. The fraction of sp³-hybridized carbons (Fsp3) is 0.273. The Balaban J connectivity index is 1.77. The third kappa shape index (κ3) is 6.20. The van der Waals surface area contributed by atoms with Gasteiger partial charge in [0.15, 0.2) is 0 Å². The number of ether oxygens (including phenoxy) is 2. The van der Waals surface area contributed by atoms with E-state index in [1.54, 1.807) is 13.0 Å². The molecule has 0 amide bonds. The lowest BCUT2D eigenvalue weighted by Gasteiger charge is -2.10. The lowest BCUT2D eigenvalue weighted by molar-refractivity contribution is -0.139. The third-order valence-corrected chi connectivity index (χ3v) is 3.80. The van der Waals surface area contributed by atoms with E-state index in [2.05, 4.69) is 6.58 Å². The number of rotatable bonds is 9. The minimum absolute atomic E-state index is 0.257. The molecule has 4 heteroatoms. The van der Waals surface area contributed by atoms with Gasteiger partial charge in [0.25, 0.3) is 0 Å². The van der Waals surface area contributed by atoms with E-state index in [0.717, 1.165) is 17.5 Å². The monoisotopic (exact) mass is 352 g/mol. The molecule has 2 rings (SSSR count). The van der Waals surface area contributed by atoms with Crippen LogP contribution in [0.25, 0.3) is 11.1 Å². The number of hydrogen-bond acceptors (Lipinski definition) is 4. The molecule has 0 atom stereocenters. The van der Waals surface area contributed by atoms with E-state index in [1.807, 2.05) is 48.5 Å². The first-order valence-electron chi connectivity index (χ1n) is 8.75. The number of benzene rings is 2. The lowest BCUT2D eigenvalue weighted by atomic mass is 10.0. The molecular formula is C22H24O4. The van der Waals surface area contributed by atoms with Crippen molar-refractivity contribution in [1.29, 1.82) is 0 Å². The van der Waals surface area contributed by atoms with Crippen molar-refractivity contribution in [2.24, 2.45) is 0 Å². The zero-order valence-electron chi connectivity index (χ0n) is 15.1. The number of esters is 2. The average molecular weight is 352 g/mol. The van der Waals surface area contributed by atoms with Gasteiger partial charge in [0.1, 0.15) is 5.75 Å². The number of para-hydroxylation sites is 1. The van der Waals surface area contributed by atoms with Crippen LogP contribution in [0.15, 0.2) is 66.7 Å². The van der Waals surface area contributed by atoms with E-state index >= 15 is 0 Å². The number of hydrogen-bond donors (Lipinski definition) is 0. The Hall–Kier alpha value is -2.88. The second-order valence-electron chi connectivity index (χ2n) is 6.06. The van der Waals surface area contributed by atoms with Crippen LogP contribution in [0.4, 0.5) is 0 Å². The van der Waals surface area contributed by atoms with Gasteiger partial charge in [-0.2, -0.15) is 0 Å². The van der Waals surface area contributed by atoms with Crippen LogP contribution in [0, 0.1) is 0 Å². The summed E-state index contributed by atoms with van der Waals surface area (Å²) in [6, 6.07) is 17.3. The van der Waals surface area contributed by atoms with E-state index in [9.17, 15) is 9.59 Å². The number of carbonyl (C=O) groups is 2. The second-order valence-corrected chi connectivity index (χ2v) is 6.06. The molecule has 0 radical (unpaired) electrons. The molecule has 2 aromatic rings. The highest BCUT2D eigenvalue weighted by Crippen LogP contribution is 2.29. The molecule has 2 aromatic carbocycles. The van der Waals surface area contributed by atoms with Gasteiger partial charge in [0.05, 0.1) is 6.61 Å². The molecule has 0 aromatic heterocycles. The number of carbonyl (C=O) groups excluding carboxylic acids is 2. The van der Waals surface area contributed by atoms with E-state index in [0.29, 0.717) is 37.2 Å². The van der Waals surface area contributed by atoms with Crippen molar-refractivity contribution in [3.8, 4) is 16.9 Å². The molecule has 0 N–H and O–H groups in total. The van der Waals surface area contributed by atoms with Crippen molar-refractivity contribution >= 4 is 11.9 Å². The molecule has 0 unspecified atom stereocenters. The molecule has 136 valence electrons. The first-order valence-corrected chi connectivity index (χ1v) is 8.75. The van der Waals surface area contributed by atoms with Gasteiger partial charge in [0, 0.05) is 17.6 Å². The summed E-state index contributed by atoms with van der Waals surface area (Å²) in [6.45, 7) is 5.49. The summed E-state index contributed by atoms with van der Waals surface area (Å²) in [4.78, 5) is 23.3. The molecule has 0 saturated carbocycles. The number of unbranched alkanes of at least 4 members (excludes halogenated alkanes) is 2. The summed E-state index contributed by atoms with van der Waals surface area (Å²) < 4.78 is 10.6. The van der Waals surface area contributed by atoms with Crippen molar-refractivity contribution in [3.63, 3.8) is 0 Å². The van der Waals surface area contributed by atoms with Crippen molar-refractivity contribution in [2.45, 2.75) is 32.6 Å². The Kier molecular flexibility index (Phi) is 7.62. The fourth-order valence-corrected chi connectivity index (χ4v) is 2.42. The van der Waals surface area contributed by atoms with Gasteiger partial charge in [-0.3, -0.25) is 4.79 Å². The second kappa shape index (κ2) is 10.2. The van der Waals surface area contributed by atoms with Crippen molar-refractivity contribution in [3.05, 3.63) is 66.7 Å². The standard InChI is InChI=1S/C22H24O4/c1-17(2)22(24)25-16-10-4-7-15-21(23)26-20-14-9-8-13-19(20)18-11-5-3-6-12-18/h3,5-6,8-9,11-14H,1,4,7,10,15-16H2,2H3. The van der Waals surface area contributed by atoms with E-state index in [-0.39, 0.29) is 11.9 Å². The fourth-order valence-electron chi connectivity index (χ4n) is 2.42. The molecule has 26 heavy (non-hydrogen) atoms. The first kappa shape index (κ1) is 19.4. The largest absolute Gasteiger partial charge is 0.462 e. The maximum absolute atomic E-state index is 12.1. The van der Waals surface area contributed by atoms with Gasteiger partial charge < -0.3 is 9.47 Å². The van der Waals surface area contributed by atoms with Crippen molar-refractivity contribution < 1.29 is 19.1 Å². The molecule has 0 saturated heterocycles. The van der Waals surface area contributed by atoms with Gasteiger partial charge in [-0.25, -0.2) is 4.79 Å². The average Bonchev–Trinajstić information content (AvgIpc) is 2.65. The Morgan fingerprint density at radius 2 is 1.62 bits per heavy atom. The van der Waals surface area contributed by atoms with Crippen LogP contribution in [-0.4, -0.2) is 18.5 Å². The normalized spacial score (nSPS) is 10.2. The van der Waals surface area contributed by atoms with Crippen molar-refractivity contribution in [2.75, 3.05) is 6.61 Å². The Labute approximate surface area is 154 Å². The highest BCUT2D eigenvalue weighted by atomic mass is 16.5. The Bertz CT molecular complexity index is 750. The smallest absolute Gasteiger partial charge is 0.333 e. The van der Waals surface area contributed by atoms with Crippen LogP contribution in [0.3, 0.4) is 0 Å². The first-order chi connectivity index (χ1) is 12.6. The summed E-state index contributed by atoms with van der Waals surface area (Å²) in [5, 5.41) is 0. The van der Waals surface area contributed by atoms with Crippen LogP contribution < -0.4 is 4.74 Å². The van der Waals surface area contributed by atoms with Crippen LogP contribution in [0.5, 0.6) is 5.75 Å². The quantitative estimate of drug-likeness (QED) is 0.278. The topological polar surface area (TPSA) is 52.6 Å². The van der Waals surface area contributed by atoms with Crippen LogP contribution >= 0.6 is 0 Å². The highest BCUT2D eigenvalue weighted by Gasteiger charge is 2.10. The maximum Gasteiger partial charge on any atom is 0.333 e. The lowest BCUT2D eigenvalue weighted by Crippen LogP contribution is -2.09. The minimum atomic E-state index is -0.373. The minimum Gasteiger partial charge on any atom is -0.462 e. The maximum atomic E-state index is 12.1. The summed E-state index contributed by atoms with van der Waals surface area (Å²) in [5.74, 6) is -0.0617. The SMILES string of the molecule is C=C(C)C(=O)OCCCCCC(=O)Oc1ccccc1-c1ccccc1. The van der Waals surface area contributed by atoms with Gasteiger partial charge in [-0.15, -0.1) is 0 Å². The highest BCUT2D eigenvalue weighted by molar-refractivity contribution is 5.86. The summed E-state index contributed by atoms with van der Waals surface area (Å²) in [5.41, 5.74) is 2.30. The summed E-state index contributed by atoms with van der Waals surface area (Å²) >= 11 is 0. The molecule has 0 fully saturated rings. The molecule has 0 spiro atoms. The van der Waals surface area contributed by atoms with Gasteiger partial charge >= 0.3 is 11.9 Å². The Morgan fingerprint density at radius 1 is 0.923 bits per heavy atom. The zero-order chi connectivity index (χ0) is 18.8. The van der Waals surface area contributed by atoms with E-state index < -0.39 is 0 Å². The van der Waals surface area contributed by atoms with E-state index in [4.69, 9.17) is 9.47 Å². The molecule has 4 nitrogen and oxygen atoms in total. The van der Waals surface area contributed by atoms with Crippen LogP contribution in [-0.2, 0) is 14.3 Å². The molecule has 0 bridgehead atoms. The van der Waals surface area contributed by atoms with Crippen LogP contribution in [0.2, 0.25) is 0 Å². The molecule has 0 aliphatic rings. The van der Waals surface area contributed by atoms with E-state index in [1.165, 1.54) is 0 Å². The van der Waals surface area contributed by atoms with Gasteiger partial charge in [-0.1, -0.05) is 55.1 Å².